The van der Waals surface area contributed by atoms with Crippen molar-refractivity contribution in [2.75, 3.05) is 5.32 Å². The summed E-state index contributed by atoms with van der Waals surface area (Å²) in [6.45, 7) is 0. The molecular weight excluding hydrogens is 355 g/mol. The zero-order valence-corrected chi connectivity index (χ0v) is 14.0. The SMILES string of the molecule is O=C(NC(=S)Nc1ccccc1F)c1sc2ccccc2c1Cl. The lowest BCUT2D eigenvalue weighted by molar-refractivity contribution is 0.0982. The Morgan fingerprint density at radius 2 is 1.83 bits per heavy atom. The van der Waals surface area contributed by atoms with Crippen LogP contribution in [0.25, 0.3) is 10.1 Å². The number of hydrogen-bond acceptors (Lipinski definition) is 3. The molecule has 2 N–H and O–H groups in total. The van der Waals surface area contributed by atoms with E-state index in [2.05, 4.69) is 10.6 Å². The zero-order valence-electron chi connectivity index (χ0n) is 11.6. The van der Waals surface area contributed by atoms with Crippen LogP contribution in [-0.4, -0.2) is 11.0 Å². The van der Waals surface area contributed by atoms with Crippen molar-refractivity contribution in [1.29, 1.82) is 0 Å². The number of fused-ring (bicyclic) bond motifs is 1. The first kappa shape index (κ1) is 15.9. The molecule has 3 aromatic rings. The smallest absolute Gasteiger partial charge is 0.269 e. The molecule has 0 bridgehead atoms. The first-order valence-electron chi connectivity index (χ1n) is 6.60. The minimum absolute atomic E-state index is 0.00798. The van der Waals surface area contributed by atoms with Crippen molar-refractivity contribution in [1.82, 2.24) is 5.32 Å². The lowest BCUT2D eigenvalue weighted by Gasteiger charge is -2.09. The van der Waals surface area contributed by atoms with Gasteiger partial charge in [-0.05, 0) is 30.4 Å². The van der Waals surface area contributed by atoms with Gasteiger partial charge in [-0.3, -0.25) is 10.1 Å². The van der Waals surface area contributed by atoms with Crippen LogP contribution in [-0.2, 0) is 0 Å². The number of thiophene rings is 1. The highest BCUT2D eigenvalue weighted by Gasteiger charge is 2.18. The summed E-state index contributed by atoms with van der Waals surface area (Å²) < 4.78 is 14.5. The molecule has 116 valence electrons. The van der Waals surface area contributed by atoms with E-state index in [9.17, 15) is 9.18 Å². The molecule has 0 aliphatic heterocycles. The molecule has 1 heterocycles. The standard InChI is InChI=1S/C16H10ClFN2OS2/c17-13-9-5-1-4-8-12(9)23-14(13)15(21)20-16(22)19-11-7-3-2-6-10(11)18/h1-8H,(H2,19,20,21,22). The Bertz CT molecular complexity index is 910. The van der Waals surface area contributed by atoms with Gasteiger partial charge in [0.25, 0.3) is 5.91 Å². The summed E-state index contributed by atoms with van der Waals surface area (Å²) in [5, 5.41) is 6.38. The van der Waals surface area contributed by atoms with Crippen molar-refractivity contribution in [3.8, 4) is 0 Å². The Hall–Kier alpha value is -2.02. The van der Waals surface area contributed by atoms with Crippen LogP contribution in [0.2, 0.25) is 5.02 Å². The summed E-state index contributed by atoms with van der Waals surface area (Å²) in [5.74, 6) is -0.881. The fraction of sp³-hybridized carbons (Fsp3) is 0. The molecule has 0 saturated heterocycles. The monoisotopic (exact) mass is 364 g/mol. The van der Waals surface area contributed by atoms with Crippen LogP contribution < -0.4 is 10.6 Å². The Morgan fingerprint density at radius 3 is 2.57 bits per heavy atom. The molecule has 0 fully saturated rings. The van der Waals surface area contributed by atoms with Crippen LogP contribution in [0.5, 0.6) is 0 Å². The lowest BCUT2D eigenvalue weighted by Crippen LogP contribution is -2.34. The van der Waals surface area contributed by atoms with E-state index in [1.165, 1.54) is 23.5 Å². The Kier molecular flexibility index (Phi) is 4.56. The molecule has 0 unspecified atom stereocenters. The van der Waals surface area contributed by atoms with E-state index in [0.29, 0.717) is 9.90 Å². The summed E-state index contributed by atoms with van der Waals surface area (Å²) in [7, 11) is 0. The van der Waals surface area contributed by atoms with Crippen LogP contribution in [0.15, 0.2) is 48.5 Å². The van der Waals surface area contributed by atoms with Gasteiger partial charge >= 0.3 is 0 Å². The number of anilines is 1. The highest BCUT2D eigenvalue weighted by atomic mass is 35.5. The molecule has 0 atom stereocenters. The summed E-state index contributed by atoms with van der Waals surface area (Å²) >= 11 is 12.6. The molecule has 0 aliphatic rings. The highest BCUT2D eigenvalue weighted by molar-refractivity contribution is 7.80. The molecule has 0 saturated carbocycles. The van der Waals surface area contributed by atoms with Crippen LogP contribution in [0.3, 0.4) is 0 Å². The maximum absolute atomic E-state index is 13.6. The normalized spacial score (nSPS) is 10.5. The van der Waals surface area contributed by atoms with Crippen LogP contribution >= 0.6 is 35.2 Å². The van der Waals surface area contributed by atoms with Crippen molar-refractivity contribution in [2.45, 2.75) is 0 Å². The number of benzene rings is 2. The predicted octanol–water partition coefficient (Wildman–Crippen LogP) is 4.82. The second kappa shape index (κ2) is 6.62. The van der Waals surface area contributed by atoms with E-state index >= 15 is 0 Å². The van der Waals surface area contributed by atoms with Crippen LogP contribution in [0.4, 0.5) is 10.1 Å². The van der Waals surface area contributed by atoms with Gasteiger partial charge in [0.15, 0.2) is 5.11 Å². The van der Waals surface area contributed by atoms with Gasteiger partial charge in [0.2, 0.25) is 0 Å². The van der Waals surface area contributed by atoms with Crippen molar-refractivity contribution < 1.29 is 9.18 Å². The van der Waals surface area contributed by atoms with Gasteiger partial charge in [0.1, 0.15) is 10.7 Å². The Labute approximate surface area is 146 Å². The first-order chi connectivity index (χ1) is 11.1. The Morgan fingerprint density at radius 1 is 1.13 bits per heavy atom. The van der Waals surface area contributed by atoms with E-state index in [1.54, 1.807) is 12.1 Å². The number of carbonyl (C=O) groups is 1. The maximum Gasteiger partial charge on any atom is 0.269 e. The second-order valence-electron chi connectivity index (χ2n) is 4.63. The zero-order chi connectivity index (χ0) is 16.4. The number of carbonyl (C=O) groups excluding carboxylic acids is 1. The van der Waals surface area contributed by atoms with Gasteiger partial charge in [-0.25, -0.2) is 4.39 Å². The number of para-hydroxylation sites is 1. The summed E-state index contributed by atoms with van der Waals surface area (Å²) in [4.78, 5) is 12.7. The fourth-order valence-electron chi connectivity index (χ4n) is 2.04. The van der Waals surface area contributed by atoms with Crippen LogP contribution in [0, 0.1) is 5.82 Å². The van der Waals surface area contributed by atoms with Gasteiger partial charge in [-0.1, -0.05) is 41.9 Å². The topological polar surface area (TPSA) is 41.1 Å². The number of halogens is 2. The highest BCUT2D eigenvalue weighted by Crippen LogP contribution is 2.34. The number of hydrogen-bond donors (Lipinski definition) is 2. The molecule has 0 spiro atoms. The molecule has 1 aromatic heterocycles. The molecule has 7 heteroatoms. The fourth-order valence-corrected chi connectivity index (χ4v) is 3.65. The van der Waals surface area contributed by atoms with E-state index in [1.807, 2.05) is 24.3 Å². The average Bonchev–Trinajstić information content (AvgIpc) is 2.87. The van der Waals surface area contributed by atoms with Crippen molar-refractivity contribution >= 4 is 61.9 Å². The summed E-state index contributed by atoms with van der Waals surface area (Å²) in [5.41, 5.74) is 0.195. The number of thiocarbonyl (C=S) groups is 1. The number of nitrogens with one attached hydrogen (secondary N) is 2. The summed E-state index contributed by atoms with van der Waals surface area (Å²) in [6, 6.07) is 13.5. The first-order valence-corrected chi connectivity index (χ1v) is 8.20. The minimum Gasteiger partial charge on any atom is -0.330 e. The molecule has 2 aromatic carbocycles. The predicted molar refractivity (Wildman–Crippen MR) is 96.9 cm³/mol. The largest absolute Gasteiger partial charge is 0.330 e. The molecule has 0 radical (unpaired) electrons. The molecule has 1 amide bonds. The molecule has 3 rings (SSSR count). The molecule has 3 nitrogen and oxygen atoms in total. The molecule has 0 aliphatic carbocycles. The average molecular weight is 365 g/mol. The number of rotatable bonds is 2. The minimum atomic E-state index is -0.455. The lowest BCUT2D eigenvalue weighted by atomic mass is 10.2. The third-order valence-electron chi connectivity index (χ3n) is 3.09. The quantitative estimate of drug-likeness (QED) is 0.640. The second-order valence-corrected chi connectivity index (χ2v) is 6.47. The van der Waals surface area contributed by atoms with E-state index < -0.39 is 11.7 Å². The third-order valence-corrected chi connectivity index (χ3v) is 4.97. The molecule has 23 heavy (non-hydrogen) atoms. The Balaban J connectivity index is 1.77. The van der Waals surface area contributed by atoms with E-state index in [0.717, 1.165) is 10.1 Å². The number of amides is 1. The molecular formula is C16H10ClFN2OS2. The van der Waals surface area contributed by atoms with Crippen molar-refractivity contribution in [3.05, 3.63) is 64.2 Å². The maximum atomic E-state index is 13.6. The van der Waals surface area contributed by atoms with Gasteiger partial charge in [0.05, 0.1) is 10.7 Å². The third kappa shape index (κ3) is 3.34. The van der Waals surface area contributed by atoms with Crippen molar-refractivity contribution in [2.24, 2.45) is 0 Å². The van der Waals surface area contributed by atoms with Gasteiger partial charge in [-0.15, -0.1) is 11.3 Å². The van der Waals surface area contributed by atoms with Crippen molar-refractivity contribution in [3.63, 3.8) is 0 Å². The van der Waals surface area contributed by atoms with Gasteiger partial charge in [0, 0.05) is 10.1 Å². The van der Waals surface area contributed by atoms with Gasteiger partial charge in [-0.2, -0.15) is 0 Å². The van der Waals surface area contributed by atoms with Crippen LogP contribution in [0.1, 0.15) is 9.67 Å². The van der Waals surface area contributed by atoms with E-state index in [-0.39, 0.29) is 10.8 Å². The van der Waals surface area contributed by atoms with Gasteiger partial charge < -0.3 is 5.32 Å². The summed E-state index contributed by atoms with van der Waals surface area (Å²) in [6.07, 6.45) is 0. The van der Waals surface area contributed by atoms with E-state index in [4.69, 9.17) is 23.8 Å².